The van der Waals surface area contributed by atoms with E-state index < -0.39 is 0 Å². The van der Waals surface area contributed by atoms with E-state index >= 15 is 0 Å². The summed E-state index contributed by atoms with van der Waals surface area (Å²) in [5.41, 5.74) is 9.18. The second kappa shape index (κ2) is 4.80. The highest BCUT2D eigenvalue weighted by molar-refractivity contribution is 7.10. The quantitative estimate of drug-likeness (QED) is 0.885. The average molecular weight is 235 g/mol. The molecule has 0 radical (unpaired) electrons. The lowest BCUT2D eigenvalue weighted by Crippen LogP contribution is -1.96. The van der Waals surface area contributed by atoms with Gasteiger partial charge in [-0.05, 0) is 30.4 Å². The van der Waals surface area contributed by atoms with Crippen molar-refractivity contribution in [1.82, 2.24) is 9.78 Å². The van der Waals surface area contributed by atoms with Crippen LogP contribution in [0.1, 0.15) is 23.9 Å². The summed E-state index contributed by atoms with van der Waals surface area (Å²) in [5, 5.41) is 6.66. The predicted octanol–water partition coefficient (Wildman–Crippen LogP) is 2.79. The molecule has 0 saturated carbocycles. The van der Waals surface area contributed by atoms with Crippen LogP contribution in [-0.2, 0) is 13.1 Å². The van der Waals surface area contributed by atoms with Gasteiger partial charge >= 0.3 is 0 Å². The van der Waals surface area contributed by atoms with Gasteiger partial charge in [-0.1, -0.05) is 6.92 Å². The van der Waals surface area contributed by atoms with Gasteiger partial charge in [0.15, 0.2) is 0 Å². The van der Waals surface area contributed by atoms with E-state index in [1.54, 1.807) is 11.3 Å². The SMILES string of the molecule is CCCn1cc(-c2csc(CN)c2)c(C)n1. The van der Waals surface area contributed by atoms with Crippen LogP contribution in [-0.4, -0.2) is 9.78 Å². The predicted molar refractivity (Wildman–Crippen MR) is 68.5 cm³/mol. The van der Waals surface area contributed by atoms with E-state index in [1.807, 2.05) is 4.68 Å². The van der Waals surface area contributed by atoms with Gasteiger partial charge in [0, 0.05) is 29.7 Å². The fraction of sp³-hybridized carbons (Fsp3) is 0.417. The van der Waals surface area contributed by atoms with Crippen molar-refractivity contribution in [3.05, 3.63) is 28.2 Å². The van der Waals surface area contributed by atoms with Gasteiger partial charge in [0.2, 0.25) is 0 Å². The summed E-state index contributed by atoms with van der Waals surface area (Å²) >= 11 is 1.71. The molecule has 2 rings (SSSR count). The monoisotopic (exact) mass is 235 g/mol. The number of rotatable bonds is 4. The zero-order valence-corrected chi connectivity index (χ0v) is 10.5. The fourth-order valence-electron chi connectivity index (χ4n) is 1.77. The van der Waals surface area contributed by atoms with Crippen molar-refractivity contribution in [1.29, 1.82) is 0 Å². The first kappa shape index (κ1) is 11.4. The van der Waals surface area contributed by atoms with E-state index in [9.17, 15) is 0 Å². The number of hydrogen-bond acceptors (Lipinski definition) is 3. The Labute approximate surface area is 99.9 Å². The number of nitrogens with zero attached hydrogens (tertiary/aromatic N) is 2. The normalized spacial score (nSPS) is 10.9. The molecule has 0 fully saturated rings. The molecule has 2 aromatic heterocycles. The third kappa shape index (κ3) is 2.18. The molecule has 0 aliphatic heterocycles. The highest BCUT2D eigenvalue weighted by Crippen LogP contribution is 2.27. The maximum absolute atomic E-state index is 5.62. The van der Waals surface area contributed by atoms with Gasteiger partial charge in [-0.3, -0.25) is 4.68 Å². The molecule has 0 saturated heterocycles. The summed E-state index contributed by atoms with van der Waals surface area (Å²) in [6.07, 6.45) is 3.24. The van der Waals surface area contributed by atoms with Crippen LogP contribution in [0.2, 0.25) is 0 Å². The summed E-state index contributed by atoms with van der Waals surface area (Å²) in [5.74, 6) is 0. The lowest BCUT2D eigenvalue weighted by molar-refractivity contribution is 0.598. The van der Waals surface area contributed by atoms with Crippen LogP contribution in [0.5, 0.6) is 0 Å². The zero-order valence-electron chi connectivity index (χ0n) is 9.73. The zero-order chi connectivity index (χ0) is 11.5. The topological polar surface area (TPSA) is 43.8 Å². The Kier molecular flexibility index (Phi) is 3.41. The summed E-state index contributed by atoms with van der Waals surface area (Å²) in [7, 11) is 0. The number of aryl methyl sites for hydroxylation is 2. The van der Waals surface area contributed by atoms with Crippen molar-refractivity contribution >= 4 is 11.3 Å². The highest BCUT2D eigenvalue weighted by Gasteiger charge is 2.08. The second-order valence-electron chi connectivity index (χ2n) is 3.90. The molecular weight excluding hydrogens is 218 g/mol. The molecule has 86 valence electrons. The van der Waals surface area contributed by atoms with E-state index in [0.717, 1.165) is 18.7 Å². The molecule has 3 nitrogen and oxygen atoms in total. The summed E-state index contributed by atoms with van der Waals surface area (Å²) in [4.78, 5) is 1.22. The molecule has 0 aliphatic carbocycles. The van der Waals surface area contributed by atoms with E-state index in [-0.39, 0.29) is 0 Å². The first-order valence-electron chi connectivity index (χ1n) is 5.56. The van der Waals surface area contributed by atoms with E-state index in [2.05, 4.69) is 36.6 Å². The third-order valence-electron chi connectivity index (χ3n) is 2.57. The van der Waals surface area contributed by atoms with Gasteiger partial charge in [-0.2, -0.15) is 5.10 Å². The van der Waals surface area contributed by atoms with Gasteiger partial charge in [-0.15, -0.1) is 11.3 Å². The standard InChI is InChI=1S/C12H17N3S/c1-3-4-15-7-12(9(2)14-15)10-5-11(6-13)16-8-10/h5,7-8H,3-4,6,13H2,1-2H3. The number of nitrogens with two attached hydrogens (primary N) is 1. The van der Waals surface area contributed by atoms with Crippen LogP contribution < -0.4 is 5.73 Å². The van der Waals surface area contributed by atoms with E-state index in [0.29, 0.717) is 6.54 Å². The Bertz CT molecular complexity index is 470. The first-order chi connectivity index (χ1) is 7.74. The molecule has 0 spiro atoms. The number of aromatic nitrogens is 2. The molecule has 0 atom stereocenters. The Morgan fingerprint density at radius 3 is 2.94 bits per heavy atom. The molecule has 2 N–H and O–H groups in total. The first-order valence-corrected chi connectivity index (χ1v) is 6.44. The van der Waals surface area contributed by atoms with Crippen LogP contribution in [0.3, 0.4) is 0 Å². The maximum Gasteiger partial charge on any atom is 0.0672 e. The van der Waals surface area contributed by atoms with Crippen LogP contribution in [0, 0.1) is 6.92 Å². The average Bonchev–Trinajstić information content (AvgIpc) is 2.85. The summed E-state index contributed by atoms with van der Waals surface area (Å²) in [6, 6.07) is 2.16. The number of hydrogen-bond donors (Lipinski definition) is 1. The second-order valence-corrected chi connectivity index (χ2v) is 4.89. The van der Waals surface area contributed by atoms with Gasteiger partial charge in [0.1, 0.15) is 0 Å². The molecule has 0 aromatic carbocycles. The molecule has 16 heavy (non-hydrogen) atoms. The number of thiophene rings is 1. The third-order valence-corrected chi connectivity index (χ3v) is 3.52. The Balaban J connectivity index is 2.32. The van der Waals surface area contributed by atoms with E-state index in [1.165, 1.54) is 16.0 Å². The summed E-state index contributed by atoms with van der Waals surface area (Å²) in [6.45, 7) is 5.82. The van der Waals surface area contributed by atoms with Crippen molar-refractivity contribution < 1.29 is 0 Å². The minimum atomic E-state index is 0.618. The fourth-order valence-corrected chi connectivity index (χ4v) is 2.54. The van der Waals surface area contributed by atoms with Crippen molar-refractivity contribution in [3.63, 3.8) is 0 Å². The Hall–Kier alpha value is -1.13. The lowest BCUT2D eigenvalue weighted by atomic mass is 10.1. The van der Waals surface area contributed by atoms with Crippen molar-refractivity contribution in [3.8, 4) is 11.1 Å². The Morgan fingerprint density at radius 2 is 2.31 bits per heavy atom. The highest BCUT2D eigenvalue weighted by atomic mass is 32.1. The van der Waals surface area contributed by atoms with Crippen LogP contribution in [0.15, 0.2) is 17.6 Å². The van der Waals surface area contributed by atoms with Crippen molar-refractivity contribution in [2.75, 3.05) is 0 Å². The Morgan fingerprint density at radius 1 is 1.50 bits per heavy atom. The summed E-state index contributed by atoms with van der Waals surface area (Å²) < 4.78 is 2.02. The van der Waals surface area contributed by atoms with Crippen LogP contribution in [0.25, 0.3) is 11.1 Å². The molecule has 4 heteroatoms. The molecule has 2 heterocycles. The molecule has 0 aliphatic rings. The van der Waals surface area contributed by atoms with E-state index in [4.69, 9.17) is 5.73 Å². The minimum Gasteiger partial charge on any atom is -0.326 e. The van der Waals surface area contributed by atoms with Crippen LogP contribution >= 0.6 is 11.3 Å². The van der Waals surface area contributed by atoms with Gasteiger partial charge in [0.25, 0.3) is 0 Å². The van der Waals surface area contributed by atoms with Crippen molar-refractivity contribution in [2.45, 2.75) is 33.4 Å². The minimum absolute atomic E-state index is 0.618. The molecular formula is C12H17N3S. The van der Waals surface area contributed by atoms with Crippen LogP contribution in [0.4, 0.5) is 0 Å². The smallest absolute Gasteiger partial charge is 0.0672 e. The van der Waals surface area contributed by atoms with Crippen molar-refractivity contribution in [2.24, 2.45) is 5.73 Å². The largest absolute Gasteiger partial charge is 0.326 e. The molecule has 0 unspecified atom stereocenters. The molecule has 0 amide bonds. The van der Waals surface area contributed by atoms with Gasteiger partial charge in [-0.25, -0.2) is 0 Å². The molecule has 0 bridgehead atoms. The lowest BCUT2D eigenvalue weighted by Gasteiger charge is -1.94. The van der Waals surface area contributed by atoms with Gasteiger partial charge < -0.3 is 5.73 Å². The van der Waals surface area contributed by atoms with Gasteiger partial charge in [0.05, 0.1) is 5.69 Å². The maximum atomic E-state index is 5.62. The molecule has 2 aromatic rings.